The van der Waals surface area contributed by atoms with Crippen LogP contribution in [0.4, 0.5) is 4.39 Å². The molecule has 13 heavy (non-hydrogen) atoms. The molecule has 1 atom stereocenters. The number of carboxylic acids is 1. The number of alkyl halides is 1. The van der Waals surface area contributed by atoms with Gasteiger partial charge < -0.3 is 5.11 Å². The normalized spacial score (nSPS) is 12.1. The Kier molecular flexibility index (Phi) is 2.74. The third kappa shape index (κ3) is 2.11. The van der Waals surface area contributed by atoms with Crippen LogP contribution in [0.15, 0.2) is 30.3 Å². The molecule has 4 heteroatoms. The van der Waals surface area contributed by atoms with Gasteiger partial charge in [0, 0.05) is 5.56 Å². The fourth-order valence-corrected chi connectivity index (χ4v) is 0.861. The van der Waals surface area contributed by atoms with Gasteiger partial charge in [0.25, 0.3) is 6.17 Å². The molecule has 68 valence electrons. The topological polar surface area (TPSA) is 54.4 Å². The lowest BCUT2D eigenvalue weighted by Gasteiger charge is -2.00. The number of carboxylic acid groups (broad SMARTS) is 1. The molecule has 0 spiro atoms. The monoisotopic (exact) mass is 182 g/mol. The zero-order valence-electron chi connectivity index (χ0n) is 6.61. The molecule has 3 nitrogen and oxygen atoms in total. The van der Waals surface area contributed by atoms with Gasteiger partial charge in [0.15, 0.2) is 0 Å². The van der Waals surface area contributed by atoms with E-state index in [0.717, 1.165) is 0 Å². The number of Topliss-reactive ketones (excluding diaryl/α,β-unsaturated/α-hetero) is 1. The molecule has 0 bridgehead atoms. The minimum Gasteiger partial charge on any atom is -0.479 e. The molecule has 0 saturated carbocycles. The van der Waals surface area contributed by atoms with E-state index in [-0.39, 0.29) is 5.56 Å². The van der Waals surface area contributed by atoms with Gasteiger partial charge >= 0.3 is 5.97 Å². The van der Waals surface area contributed by atoms with Crippen molar-refractivity contribution in [2.75, 3.05) is 0 Å². The Morgan fingerprint density at radius 3 is 2.23 bits per heavy atom. The van der Waals surface area contributed by atoms with Gasteiger partial charge in [-0.15, -0.1) is 0 Å². The van der Waals surface area contributed by atoms with Crippen molar-refractivity contribution < 1.29 is 19.1 Å². The van der Waals surface area contributed by atoms with Gasteiger partial charge in [0.1, 0.15) is 0 Å². The first-order valence-electron chi connectivity index (χ1n) is 3.59. The van der Waals surface area contributed by atoms with Crippen molar-refractivity contribution in [1.82, 2.24) is 0 Å². The number of carbonyl (C=O) groups excluding carboxylic acids is 1. The first kappa shape index (κ1) is 9.38. The minimum absolute atomic E-state index is 0.0670. The second kappa shape index (κ2) is 3.80. The maximum absolute atomic E-state index is 12.7. The number of halogens is 1. The van der Waals surface area contributed by atoms with Crippen molar-refractivity contribution in [2.24, 2.45) is 0 Å². The fourth-order valence-electron chi connectivity index (χ4n) is 0.861. The van der Waals surface area contributed by atoms with E-state index in [0.29, 0.717) is 0 Å². The molecule has 0 heterocycles. The summed E-state index contributed by atoms with van der Waals surface area (Å²) < 4.78 is 12.7. The lowest BCUT2D eigenvalue weighted by molar-refractivity contribution is -0.140. The van der Waals surface area contributed by atoms with Crippen LogP contribution in [0.5, 0.6) is 0 Å². The Morgan fingerprint density at radius 1 is 1.23 bits per heavy atom. The smallest absolute Gasteiger partial charge is 0.346 e. The Labute approximate surface area is 73.8 Å². The second-order valence-electron chi connectivity index (χ2n) is 2.43. The highest BCUT2D eigenvalue weighted by Crippen LogP contribution is 2.05. The Hall–Kier alpha value is -1.71. The zero-order chi connectivity index (χ0) is 9.84. The third-order valence-corrected chi connectivity index (χ3v) is 1.51. The molecule has 0 saturated heterocycles. The standard InChI is InChI=1S/C9H7FO3/c10-7(9(12)13)8(11)6-4-2-1-3-5-6/h1-5,7H,(H,12,13). The molecule has 0 aromatic heterocycles. The summed E-state index contributed by atoms with van der Waals surface area (Å²) >= 11 is 0. The molecular formula is C9H7FO3. The van der Waals surface area contributed by atoms with Crippen LogP contribution in [0.3, 0.4) is 0 Å². The number of hydrogen-bond donors (Lipinski definition) is 1. The quantitative estimate of drug-likeness (QED) is 0.566. The summed E-state index contributed by atoms with van der Waals surface area (Å²) in [4.78, 5) is 21.1. The number of carbonyl (C=O) groups is 2. The predicted molar refractivity (Wildman–Crippen MR) is 43.3 cm³/mol. The lowest BCUT2D eigenvalue weighted by Crippen LogP contribution is -2.25. The van der Waals surface area contributed by atoms with Crippen molar-refractivity contribution >= 4 is 11.8 Å². The van der Waals surface area contributed by atoms with Crippen LogP contribution in [0.25, 0.3) is 0 Å². The first-order valence-corrected chi connectivity index (χ1v) is 3.59. The van der Waals surface area contributed by atoms with Gasteiger partial charge in [-0.1, -0.05) is 30.3 Å². The van der Waals surface area contributed by atoms with Crippen LogP contribution in [0.2, 0.25) is 0 Å². The van der Waals surface area contributed by atoms with Crippen LogP contribution in [0.1, 0.15) is 10.4 Å². The van der Waals surface area contributed by atoms with Crippen molar-refractivity contribution in [3.63, 3.8) is 0 Å². The van der Waals surface area contributed by atoms with E-state index in [1.54, 1.807) is 18.2 Å². The Bertz CT molecular complexity index is 321. The molecule has 0 fully saturated rings. The molecule has 0 amide bonds. The van der Waals surface area contributed by atoms with E-state index in [2.05, 4.69) is 0 Å². The molecular weight excluding hydrogens is 175 g/mol. The summed E-state index contributed by atoms with van der Waals surface area (Å²) in [5.41, 5.74) is 0.0670. The van der Waals surface area contributed by atoms with Crippen molar-refractivity contribution in [2.45, 2.75) is 6.17 Å². The highest BCUT2D eigenvalue weighted by atomic mass is 19.1. The molecule has 0 radical (unpaired) electrons. The van der Waals surface area contributed by atoms with Gasteiger partial charge in [-0.2, -0.15) is 0 Å². The number of benzene rings is 1. The average molecular weight is 182 g/mol. The van der Waals surface area contributed by atoms with Crippen molar-refractivity contribution in [1.29, 1.82) is 0 Å². The van der Waals surface area contributed by atoms with Gasteiger partial charge in [-0.05, 0) is 0 Å². The van der Waals surface area contributed by atoms with Gasteiger partial charge in [0.2, 0.25) is 5.78 Å². The maximum atomic E-state index is 12.7. The molecule has 0 aliphatic carbocycles. The van der Waals surface area contributed by atoms with Crippen LogP contribution in [0, 0.1) is 0 Å². The summed E-state index contributed by atoms with van der Waals surface area (Å²) in [6.45, 7) is 0. The highest BCUT2D eigenvalue weighted by molar-refractivity contribution is 6.10. The van der Waals surface area contributed by atoms with E-state index in [9.17, 15) is 14.0 Å². The van der Waals surface area contributed by atoms with Crippen molar-refractivity contribution in [3.8, 4) is 0 Å². The van der Waals surface area contributed by atoms with Crippen LogP contribution < -0.4 is 0 Å². The van der Waals surface area contributed by atoms with Gasteiger partial charge in [-0.3, -0.25) is 4.79 Å². The molecule has 0 aliphatic rings. The van der Waals surface area contributed by atoms with E-state index in [1.165, 1.54) is 12.1 Å². The van der Waals surface area contributed by atoms with E-state index >= 15 is 0 Å². The Balaban J connectivity index is 2.86. The fraction of sp³-hybridized carbons (Fsp3) is 0.111. The summed E-state index contributed by atoms with van der Waals surface area (Å²) in [7, 11) is 0. The van der Waals surface area contributed by atoms with E-state index < -0.39 is 17.9 Å². The van der Waals surface area contributed by atoms with Crippen LogP contribution in [-0.2, 0) is 4.79 Å². The molecule has 1 aromatic rings. The Morgan fingerprint density at radius 2 is 1.77 bits per heavy atom. The maximum Gasteiger partial charge on any atom is 0.346 e. The number of aliphatic carboxylic acids is 1. The molecule has 1 unspecified atom stereocenters. The third-order valence-electron chi connectivity index (χ3n) is 1.51. The van der Waals surface area contributed by atoms with Gasteiger partial charge in [-0.25, -0.2) is 9.18 Å². The largest absolute Gasteiger partial charge is 0.479 e. The molecule has 0 aliphatic heterocycles. The van der Waals surface area contributed by atoms with E-state index in [1.807, 2.05) is 0 Å². The molecule has 1 rings (SSSR count). The van der Waals surface area contributed by atoms with Crippen molar-refractivity contribution in [3.05, 3.63) is 35.9 Å². The minimum atomic E-state index is -2.47. The highest BCUT2D eigenvalue weighted by Gasteiger charge is 2.25. The average Bonchev–Trinajstić information content (AvgIpc) is 2.17. The molecule has 1 N–H and O–H groups in total. The summed E-state index contributed by atoms with van der Waals surface area (Å²) in [6, 6.07) is 7.49. The first-order chi connectivity index (χ1) is 6.13. The summed E-state index contributed by atoms with van der Waals surface area (Å²) in [5.74, 6) is -2.78. The summed E-state index contributed by atoms with van der Waals surface area (Å²) in [6.07, 6.45) is -2.47. The number of rotatable bonds is 3. The summed E-state index contributed by atoms with van der Waals surface area (Å²) in [5, 5.41) is 8.22. The van der Waals surface area contributed by atoms with Gasteiger partial charge in [0.05, 0.1) is 0 Å². The van der Waals surface area contributed by atoms with Crippen LogP contribution in [-0.4, -0.2) is 23.0 Å². The number of hydrogen-bond acceptors (Lipinski definition) is 2. The number of ketones is 1. The zero-order valence-corrected chi connectivity index (χ0v) is 6.61. The second-order valence-corrected chi connectivity index (χ2v) is 2.43. The molecule has 1 aromatic carbocycles. The van der Waals surface area contributed by atoms with Crippen LogP contribution >= 0.6 is 0 Å². The predicted octanol–water partition coefficient (Wildman–Crippen LogP) is 1.29. The van der Waals surface area contributed by atoms with E-state index in [4.69, 9.17) is 5.11 Å². The SMILES string of the molecule is O=C(O)C(F)C(=O)c1ccccc1. The lowest BCUT2D eigenvalue weighted by atomic mass is 10.1.